The second-order valence-electron chi connectivity index (χ2n) is 4.70. The molecule has 2 rings (SSSR count). The van der Waals surface area contributed by atoms with Crippen molar-refractivity contribution in [3.8, 4) is 16.9 Å². The van der Waals surface area contributed by atoms with E-state index in [2.05, 4.69) is 0 Å². The smallest absolute Gasteiger partial charge is 0.308 e. The molecule has 20 heavy (non-hydrogen) atoms. The Morgan fingerprint density at radius 2 is 1.60 bits per heavy atom. The molecule has 3 nitrogen and oxygen atoms in total. The fourth-order valence-corrected chi connectivity index (χ4v) is 2.08. The number of benzene rings is 2. The average Bonchev–Trinajstić information content (AvgIpc) is 2.39. The predicted octanol–water partition coefficient (Wildman–Crippen LogP) is 3.79. The van der Waals surface area contributed by atoms with Gasteiger partial charge in [0.1, 0.15) is 5.75 Å². The average molecular weight is 268 g/mol. The number of carbonyl (C=O) groups is 2. The van der Waals surface area contributed by atoms with Gasteiger partial charge in [-0.1, -0.05) is 24.3 Å². The molecule has 2 aromatic rings. The second-order valence-corrected chi connectivity index (χ2v) is 4.70. The number of rotatable bonds is 3. The molecule has 0 saturated carbocycles. The van der Waals surface area contributed by atoms with Crippen LogP contribution in [0.4, 0.5) is 0 Å². The Morgan fingerprint density at radius 1 is 0.950 bits per heavy atom. The van der Waals surface area contributed by atoms with E-state index < -0.39 is 0 Å². The molecule has 0 atom stereocenters. The summed E-state index contributed by atoms with van der Waals surface area (Å²) in [6, 6.07) is 13.0. The summed E-state index contributed by atoms with van der Waals surface area (Å²) in [6.45, 7) is 4.91. The first kappa shape index (κ1) is 14.0. The topological polar surface area (TPSA) is 43.4 Å². The molecule has 0 fully saturated rings. The zero-order valence-electron chi connectivity index (χ0n) is 11.8. The largest absolute Gasteiger partial charge is 0.427 e. The van der Waals surface area contributed by atoms with E-state index in [0.717, 1.165) is 16.7 Å². The fourth-order valence-electron chi connectivity index (χ4n) is 2.08. The highest BCUT2D eigenvalue weighted by molar-refractivity contribution is 5.95. The monoisotopic (exact) mass is 268 g/mol. The van der Waals surface area contributed by atoms with Crippen molar-refractivity contribution in [3.05, 3.63) is 53.6 Å². The highest BCUT2D eigenvalue weighted by Gasteiger charge is 2.06. The van der Waals surface area contributed by atoms with Gasteiger partial charge < -0.3 is 4.74 Å². The van der Waals surface area contributed by atoms with Crippen LogP contribution in [0.5, 0.6) is 5.75 Å². The minimum atomic E-state index is -0.334. The van der Waals surface area contributed by atoms with Gasteiger partial charge in [0.05, 0.1) is 0 Å². The van der Waals surface area contributed by atoms with Gasteiger partial charge in [-0.05, 0) is 48.7 Å². The van der Waals surface area contributed by atoms with Crippen molar-refractivity contribution in [2.24, 2.45) is 0 Å². The maximum atomic E-state index is 11.3. The van der Waals surface area contributed by atoms with Gasteiger partial charge in [-0.15, -0.1) is 0 Å². The van der Waals surface area contributed by atoms with Crippen LogP contribution in [0.2, 0.25) is 0 Å². The van der Waals surface area contributed by atoms with Crippen LogP contribution in [0.25, 0.3) is 11.1 Å². The van der Waals surface area contributed by atoms with Gasteiger partial charge in [-0.3, -0.25) is 9.59 Å². The van der Waals surface area contributed by atoms with Crippen molar-refractivity contribution < 1.29 is 14.3 Å². The van der Waals surface area contributed by atoms with Gasteiger partial charge in [0.25, 0.3) is 0 Å². The molecule has 0 saturated heterocycles. The highest BCUT2D eigenvalue weighted by atomic mass is 16.5. The standard InChI is InChI=1S/C17H16O3/c1-11-10-15(12(2)18)6-9-17(11)14-4-7-16(8-5-14)20-13(3)19/h4-10H,1-3H3. The van der Waals surface area contributed by atoms with Crippen LogP contribution in [-0.2, 0) is 4.79 Å². The quantitative estimate of drug-likeness (QED) is 0.483. The number of hydrogen-bond acceptors (Lipinski definition) is 3. The third kappa shape index (κ3) is 3.12. The van der Waals surface area contributed by atoms with Crippen molar-refractivity contribution in [1.82, 2.24) is 0 Å². The first-order chi connectivity index (χ1) is 9.47. The van der Waals surface area contributed by atoms with Gasteiger partial charge in [-0.25, -0.2) is 0 Å². The van der Waals surface area contributed by atoms with E-state index in [9.17, 15) is 9.59 Å². The summed E-state index contributed by atoms with van der Waals surface area (Å²) in [5.74, 6) is 0.254. The van der Waals surface area contributed by atoms with E-state index in [4.69, 9.17) is 4.74 Å². The summed E-state index contributed by atoms with van der Waals surface area (Å²) in [5, 5.41) is 0. The summed E-state index contributed by atoms with van der Waals surface area (Å²) in [6.07, 6.45) is 0. The molecule has 3 heteroatoms. The predicted molar refractivity (Wildman–Crippen MR) is 77.9 cm³/mol. The van der Waals surface area contributed by atoms with Crippen LogP contribution < -0.4 is 4.74 Å². The van der Waals surface area contributed by atoms with Crippen LogP contribution in [0.15, 0.2) is 42.5 Å². The molecule has 0 aliphatic rings. The van der Waals surface area contributed by atoms with Crippen LogP contribution in [0.1, 0.15) is 29.8 Å². The molecule has 2 aromatic carbocycles. The van der Waals surface area contributed by atoms with Gasteiger partial charge >= 0.3 is 5.97 Å². The fraction of sp³-hybridized carbons (Fsp3) is 0.176. The van der Waals surface area contributed by atoms with E-state index in [1.54, 1.807) is 19.1 Å². The minimum absolute atomic E-state index is 0.0601. The van der Waals surface area contributed by atoms with Crippen LogP contribution in [0.3, 0.4) is 0 Å². The molecule has 0 amide bonds. The number of aryl methyl sites for hydroxylation is 1. The molecular weight excluding hydrogens is 252 g/mol. The molecule has 0 unspecified atom stereocenters. The molecular formula is C17H16O3. The Hall–Kier alpha value is -2.42. The van der Waals surface area contributed by atoms with Crippen molar-refractivity contribution in [3.63, 3.8) is 0 Å². The zero-order valence-corrected chi connectivity index (χ0v) is 11.8. The minimum Gasteiger partial charge on any atom is -0.427 e. The van der Waals surface area contributed by atoms with Crippen molar-refractivity contribution in [2.75, 3.05) is 0 Å². The van der Waals surface area contributed by atoms with Crippen molar-refractivity contribution >= 4 is 11.8 Å². The molecule has 0 N–H and O–H groups in total. The molecule has 0 aliphatic carbocycles. The number of hydrogen-bond donors (Lipinski definition) is 0. The maximum absolute atomic E-state index is 11.3. The molecule has 0 spiro atoms. The van der Waals surface area contributed by atoms with Crippen LogP contribution in [-0.4, -0.2) is 11.8 Å². The van der Waals surface area contributed by atoms with Crippen LogP contribution in [0, 0.1) is 6.92 Å². The summed E-state index contributed by atoms with van der Waals surface area (Å²) in [5.41, 5.74) is 3.83. The van der Waals surface area contributed by atoms with Gasteiger partial charge in [0, 0.05) is 12.5 Å². The molecule has 0 bridgehead atoms. The van der Waals surface area contributed by atoms with E-state index in [0.29, 0.717) is 11.3 Å². The van der Waals surface area contributed by atoms with E-state index in [1.807, 2.05) is 37.3 Å². The summed E-state index contributed by atoms with van der Waals surface area (Å²) >= 11 is 0. The Balaban J connectivity index is 2.32. The second kappa shape index (κ2) is 5.70. The lowest BCUT2D eigenvalue weighted by molar-refractivity contribution is -0.131. The van der Waals surface area contributed by atoms with E-state index in [1.165, 1.54) is 6.92 Å². The van der Waals surface area contributed by atoms with Crippen molar-refractivity contribution in [1.29, 1.82) is 0 Å². The third-order valence-corrected chi connectivity index (χ3v) is 3.06. The Kier molecular flexibility index (Phi) is 3.99. The number of Topliss-reactive ketones (excluding diaryl/α,β-unsaturated/α-hetero) is 1. The van der Waals surface area contributed by atoms with Gasteiger partial charge in [0.15, 0.2) is 5.78 Å². The lowest BCUT2D eigenvalue weighted by Crippen LogP contribution is -2.00. The number of carbonyl (C=O) groups excluding carboxylic acids is 2. The normalized spacial score (nSPS) is 10.2. The van der Waals surface area contributed by atoms with E-state index in [-0.39, 0.29) is 11.8 Å². The first-order valence-electron chi connectivity index (χ1n) is 6.38. The van der Waals surface area contributed by atoms with Gasteiger partial charge in [0.2, 0.25) is 0 Å². The Morgan fingerprint density at radius 3 is 2.10 bits per heavy atom. The molecule has 0 aliphatic heterocycles. The van der Waals surface area contributed by atoms with E-state index >= 15 is 0 Å². The Labute approximate surface area is 118 Å². The van der Waals surface area contributed by atoms with Crippen molar-refractivity contribution in [2.45, 2.75) is 20.8 Å². The Bertz CT molecular complexity index is 654. The lowest BCUT2D eigenvalue weighted by Gasteiger charge is -2.08. The molecule has 102 valence electrons. The summed E-state index contributed by atoms with van der Waals surface area (Å²) in [4.78, 5) is 22.2. The molecule has 0 heterocycles. The highest BCUT2D eigenvalue weighted by Crippen LogP contribution is 2.26. The maximum Gasteiger partial charge on any atom is 0.308 e. The third-order valence-electron chi connectivity index (χ3n) is 3.06. The van der Waals surface area contributed by atoms with Crippen LogP contribution >= 0.6 is 0 Å². The molecule has 0 aromatic heterocycles. The zero-order chi connectivity index (χ0) is 14.7. The number of ketones is 1. The number of esters is 1. The lowest BCUT2D eigenvalue weighted by atomic mass is 9.97. The summed E-state index contributed by atoms with van der Waals surface area (Å²) < 4.78 is 5.00. The summed E-state index contributed by atoms with van der Waals surface area (Å²) in [7, 11) is 0. The molecule has 0 radical (unpaired) electrons. The van der Waals surface area contributed by atoms with Gasteiger partial charge in [-0.2, -0.15) is 0 Å². The first-order valence-corrected chi connectivity index (χ1v) is 6.38. The SMILES string of the molecule is CC(=O)Oc1ccc(-c2ccc(C(C)=O)cc2C)cc1. The number of ether oxygens (including phenoxy) is 1.